The van der Waals surface area contributed by atoms with Crippen LogP contribution in [0.5, 0.6) is 0 Å². The summed E-state index contributed by atoms with van der Waals surface area (Å²) in [5, 5.41) is 4.02. The summed E-state index contributed by atoms with van der Waals surface area (Å²) in [4.78, 5) is 0. The highest BCUT2D eigenvalue weighted by Crippen LogP contribution is 2.10. The summed E-state index contributed by atoms with van der Waals surface area (Å²) in [6.45, 7) is 3.83. The third-order valence-corrected chi connectivity index (χ3v) is 2.74. The Morgan fingerprint density at radius 2 is 2.19 bits per heavy atom. The molecule has 0 saturated carbocycles. The van der Waals surface area contributed by atoms with Gasteiger partial charge < -0.3 is 14.8 Å². The highest BCUT2D eigenvalue weighted by molar-refractivity contribution is 6.30. The van der Waals surface area contributed by atoms with Gasteiger partial charge in [-0.15, -0.1) is 0 Å². The van der Waals surface area contributed by atoms with Gasteiger partial charge in [0.25, 0.3) is 0 Å². The van der Waals surface area contributed by atoms with Crippen molar-refractivity contribution in [1.29, 1.82) is 0 Å². The molecule has 1 atom stereocenters. The minimum absolute atomic E-state index is 0.182. The zero-order valence-corrected chi connectivity index (χ0v) is 9.87. The molecule has 1 N–H and O–H groups in total. The Hall–Kier alpha value is -0.610. The zero-order chi connectivity index (χ0) is 11.2. The van der Waals surface area contributed by atoms with E-state index in [2.05, 4.69) is 5.32 Å². The summed E-state index contributed by atoms with van der Waals surface area (Å²) in [7, 11) is 0. The molecular weight excluding hydrogens is 226 g/mol. The first kappa shape index (κ1) is 11.9. The second-order valence-corrected chi connectivity index (χ2v) is 4.27. The monoisotopic (exact) mass is 241 g/mol. The number of morpholine rings is 1. The van der Waals surface area contributed by atoms with E-state index in [0.717, 1.165) is 30.3 Å². The van der Waals surface area contributed by atoms with Crippen molar-refractivity contribution >= 4 is 11.6 Å². The van der Waals surface area contributed by atoms with Crippen LogP contribution in [0.2, 0.25) is 5.02 Å². The van der Waals surface area contributed by atoms with Crippen LogP contribution in [-0.4, -0.2) is 32.4 Å². The highest BCUT2D eigenvalue weighted by Gasteiger charge is 2.12. The van der Waals surface area contributed by atoms with E-state index in [4.69, 9.17) is 21.1 Å². The molecule has 1 aromatic carbocycles. The third-order valence-electron chi connectivity index (χ3n) is 2.49. The fraction of sp³-hybridized carbons (Fsp3) is 0.500. The maximum Gasteiger partial charge on any atom is 0.0933 e. The Morgan fingerprint density at radius 1 is 1.38 bits per heavy atom. The Kier molecular flexibility index (Phi) is 4.60. The van der Waals surface area contributed by atoms with Crippen molar-refractivity contribution in [2.75, 3.05) is 26.3 Å². The number of halogens is 1. The largest absolute Gasteiger partial charge is 0.374 e. The van der Waals surface area contributed by atoms with E-state index in [1.165, 1.54) is 0 Å². The normalized spacial score (nSPS) is 20.9. The van der Waals surface area contributed by atoms with Gasteiger partial charge in [0.2, 0.25) is 0 Å². The van der Waals surface area contributed by atoms with Crippen molar-refractivity contribution in [3.05, 3.63) is 34.9 Å². The van der Waals surface area contributed by atoms with Gasteiger partial charge in [0.15, 0.2) is 0 Å². The van der Waals surface area contributed by atoms with Crippen molar-refractivity contribution in [2.45, 2.75) is 12.7 Å². The van der Waals surface area contributed by atoms with Crippen LogP contribution in [0.4, 0.5) is 0 Å². The molecule has 1 aliphatic heterocycles. The van der Waals surface area contributed by atoms with Gasteiger partial charge >= 0.3 is 0 Å². The van der Waals surface area contributed by atoms with Gasteiger partial charge in [-0.2, -0.15) is 0 Å². The number of benzene rings is 1. The van der Waals surface area contributed by atoms with E-state index in [-0.39, 0.29) is 6.10 Å². The Bertz CT molecular complexity index is 309. The maximum atomic E-state index is 5.80. The van der Waals surface area contributed by atoms with Crippen LogP contribution in [-0.2, 0) is 16.1 Å². The molecule has 0 spiro atoms. The number of nitrogens with one attached hydrogen (secondary N) is 1. The summed E-state index contributed by atoms with van der Waals surface area (Å²) < 4.78 is 11.1. The molecule has 1 fully saturated rings. The molecule has 0 aliphatic carbocycles. The van der Waals surface area contributed by atoms with E-state index in [0.29, 0.717) is 13.2 Å². The second kappa shape index (κ2) is 6.21. The fourth-order valence-corrected chi connectivity index (χ4v) is 1.74. The zero-order valence-electron chi connectivity index (χ0n) is 9.12. The van der Waals surface area contributed by atoms with Crippen LogP contribution in [0.1, 0.15) is 5.56 Å². The van der Waals surface area contributed by atoms with E-state index >= 15 is 0 Å². The number of hydrogen-bond donors (Lipinski definition) is 1. The molecule has 1 heterocycles. The van der Waals surface area contributed by atoms with Gasteiger partial charge in [-0.25, -0.2) is 0 Å². The fourth-order valence-electron chi connectivity index (χ4n) is 1.62. The van der Waals surface area contributed by atoms with Gasteiger partial charge in [-0.1, -0.05) is 23.7 Å². The average Bonchev–Trinajstić information content (AvgIpc) is 2.33. The van der Waals surface area contributed by atoms with E-state index < -0.39 is 0 Å². The SMILES string of the molecule is Clc1ccc(COCC2CNCCO2)cc1. The smallest absolute Gasteiger partial charge is 0.0933 e. The van der Waals surface area contributed by atoms with Gasteiger partial charge in [0.1, 0.15) is 0 Å². The summed E-state index contributed by atoms with van der Waals surface area (Å²) in [5.41, 5.74) is 1.13. The van der Waals surface area contributed by atoms with Crippen molar-refractivity contribution in [2.24, 2.45) is 0 Å². The van der Waals surface area contributed by atoms with Crippen LogP contribution in [0, 0.1) is 0 Å². The van der Waals surface area contributed by atoms with Crippen LogP contribution in [0.15, 0.2) is 24.3 Å². The molecule has 1 saturated heterocycles. The first-order valence-corrected chi connectivity index (χ1v) is 5.87. The molecule has 88 valence electrons. The lowest BCUT2D eigenvalue weighted by Crippen LogP contribution is -2.40. The highest BCUT2D eigenvalue weighted by atomic mass is 35.5. The minimum Gasteiger partial charge on any atom is -0.374 e. The van der Waals surface area contributed by atoms with Crippen molar-refractivity contribution in [3.63, 3.8) is 0 Å². The molecule has 0 radical (unpaired) electrons. The maximum absolute atomic E-state index is 5.80. The molecular formula is C12H16ClNO2. The first-order valence-electron chi connectivity index (χ1n) is 5.49. The Balaban J connectivity index is 1.69. The van der Waals surface area contributed by atoms with E-state index in [1.807, 2.05) is 24.3 Å². The van der Waals surface area contributed by atoms with E-state index in [1.54, 1.807) is 0 Å². The van der Waals surface area contributed by atoms with Crippen molar-refractivity contribution in [3.8, 4) is 0 Å². The molecule has 0 bridgehead atoms. The lowest BCUT2D eigenvalue weighted by atomic mass is 10.2. The molecule has 0 aromatic heterocycles. The third kappa shape index (κ3) is 3.76. The lowest BCUT2D eigenvalue weighted by molar-refractivity contribution is -0.0357. The van der Waals surface area contributed by atoms with E-state index in [9.17, 15) is 0 Å². The van der Waals surface area contributed by atoms with Crippen LogP contribution < -0.4 is 5.32 Å². The molecule has 4 heteroatoms. The molecule has 1 aromatic rings. The number of ether oxygens (including phenoxy) is 2. The van der Waals surface area contributed by atoms with Crippen LogP contribution in [0.3, 0.4) is 0 Å². The van der Waals surface area contributed by atoms with Gasteiger partial charge in [-0.05, 0) is 17.7 Å². The topological polar surface area (TPSA) is 30.5 Å². The molecule has 16 heavy (non-hydrogen) atoms. The molecule has 2 rings (SSSR count). The van der Waals surface area contributed by atoms with Crippen molar-refractivity contribution < 1.29 is 9.47 Å². The number of hydrogen-bond acceptors (Lipinski definition) is 3. The lowest BCUT2D eigenvalue weighted by Gasteiger charge is -2.23. The predicted octanol–water partition coefficient (Wildman–Crippen LogP) is 1.84. The summed E-state index contributed by atoms with van der Waals surface area (Å²) in [5.74, 6) is 0. The van der Waals surface area contributed by atoms with Gasteiger partial charge in [0.05, 0.1) is 25.9 Å². The molecule has 1 aliphatic rings. The van der Waals surface area contributed by atoms with Gasteiger partial charge in [-0.3, -0.25) is 0 Å². The predicted molar refractivity (Wildman–Crippen MR) is 63.7 cm³/mol. The van der Waals surface area contributed by atoms with Crippen LogP contribution in [0.25, 0.3) is 0 Å². The summed E-state index contributed by atoms with van der Waals surface area (Å²) in [6.07, 6.45) is 0.182. The first-order chi connectivity index (χ1) is 7.84. The summed E-state index contributed by atoms with van der Waals surface area (Å²) in [6, 6.07) is 7.70. The standard InChI is InChI=1S/C12H16ClNO2/c13-11-3-1-10(2-4-11)8-15-9-12-7-14-5-6-16-12/h1-4,12,14H,5-9H2. The minimum atomic E-state index is 0.182. The average molecular weight is 242 g/mol. The Morgan fingerprint density at radius 3 is 2.88 bits per heavy atom. The quantitative estimate of drug-likeness (QED) is 0.873. The summed E-state index contributed by atoms with van der Waals surface area (Å²) >= 11 is 5.80. The number of rotatable bonds is 4. The molecule has 1 unspecified atom stereocenters. The van der Waals surface area contributed by atoms with Crippen molar-refractivity contribution in [1.82, 2.24) is 5.32 Å². The van der Waals surface area contributed by atoms with Gasteiger partial charge in [0, 0.05) is 18.1 Å². The van der Waals surface area contributed by atoms with Crippen LogP contribution >= 0.6 is 11.6 Å². The second-order valence-electron chi connectivity index (χ2n) is 3.84. The molecule has 3 nitrogen and oxygen atoms in total. The molecule has 0 amide bonds. The Labute approximate surface area is 101 Å².